The highest BCUT2D eigenvalue weighted by atomic mass is 16.5. The Morgan fingerprint density at radius 2 is 2.17 bits per heavy atom. The predicted octanol–water partition coefficient (Wildman–Crippen LogP) is 1.14. The molecule has 0 aromatic carbocycles. The van der Waals surface area contributed by atoms with Crippen molar-refractivity contribution >= 4 is 5.97 Å². The van der Waals surface area contributed by atoms with E-state index in [2.05, 4.69) is 9.97 Å². The SMILES string of the molecule is COC1(c2ncc(C(=O)O)c(C)n2)CCOCC1. The first-order valence-corrected chi connectivity index (χ1v) is 5.79. The van der Waals surface area contributed by atoms with Crippen molar-refractivity contribution in [3.8, 4) is 0 Å². The minimum absolute atomic E-state index is 0.122. The van der Waals surface area contributed by atoms with Gasteiger partial charge in [-0.25, -0.2) is 14.8 Å². The van der Waals surface area contributed by atoms with Gasteiger partial charge in [-0.05, 0) is 6.92 Å². The van der Waals surface area contributed by atoms with Crippen LogP contribution in [0.4, 0.5) is 0 Å². The summed E-state index contributed by atoms with van der Waals surface area (Å²) in [5.41, 5.74) is 0.0209. The number of carbonyl (C=O) groups is 1. The molecule has 0 spiro atoms. The molecule has 18 heavy (non-hydrogen) atoms. The van der Waals surface area contributed by atoms with Crippen molar-refractivity contribution in [1.29, 1.82) is 0 Å². The van der Waals surface area contributed by atoms with Crippen molar-refractivity contribution in [2.45, 2.75) is 25.4 Å². The minimum atomic E-state index is -1.02. The van der Waals surface area contributed by atoms with Crippen molar-refractivity contribution in [3.63, 3.8) is 0 Å². The fourth-order valence-corrected chi connectivity index (χ4v) is 2.12. The fourth-order valence-electron chi connectivity index (χ4n) is 2.12. The highest BCUT2D eigenvalue weighted by Crippen LogP contribution is 2.33. The third-order valence-electron chi connectivity index (χ3n) is 3.31. The lowest BCUT2D eigenvalue weighted by Crippen LogP contribution is -2.37. The summed E-state index contributed by atoms with van der Waals surface area (Å²) in [6.45, 7) is 2.85. The van der Waals surface area contributed by atoms with Crippen LogP contribution in [0.5, 0.6) is 0 Å². The summed E-state index contributed by atoms with van der Waals surface area (Å²) in [5, 5.41) is 8.96. The highest BCUT2D eigenvalue weighted by molar-refractivity contribution is 5.88. The van der Waals surface area contributed by atoms with Gasteiger partial charge in [-0.3, -0.25) is 0 Å². The Kier molecular flexibility index (Phi) is 3.58. The van der Waals surface area contributed by atoms with Crippen LogP contribution in [-0.2, 0) is 15.1 Å². The zero-order valence-corrected chi connectivity index (χ0v) is 10.5. The zero-order valence-electron chi connectivity index (χ0n) is 10.5. The van der Waals surface area contributed by atoms with E-state index in [9.17, 15) is 4.79 Å². The maximum Gasteiger partial charge on any atom is 0.339 e. The molecule has 6 nitrogen and oxygen atoms in total. The van der Waals surface area contributed by atoms with Gasteiger partial charge in [0.15, 0.2) is 5.82 Å². The number of aromatic nitrogens is 2. The molecule has 0 bridgehead atoms. The Bertz CT molecular complexity index is 455. The zero-order chi connectivity index (χ0) is 13.2. The third kappa shape index (κ3) is 2.21. The first kappa shape index (κ1) is 12.9. The lowest BCUT2D eigenvalue weighted by atomic mass is 9.93. The maximum atomic E-state index is 10.9. The Morgan fingerprint density at radius 1 is 1.50 bits per heavy atom. The van der Waals surface area contributed by atoms with E-state index in [0.717, 1.165) is 0 Å². The number of aryl methyl sites for hydroxylation is 1. The van der Waals surface area contributed by atoms with Crippen LogP contribution >= 0.6 is 0 Å². The Morgan fingerprint density at radius 3 is 2.67 bits per heavy atom. The van der Waals surface area contributed by atoms with Crippen LogP contribution in [0.2, 0.25) is 0 Å². The van der Waals surface area contributed by atoms with Crippen molar-refractivity contribution in [2.24, 2.45) is 0 Å². The first-order valence-electron chi connectivity index (χ1n) is 5.79. The lowest BCUT2D eigenvalue weighted by molar-refractivity contribution is -0.100. The average molecular weight is 252 g/mol. The molecule has 0 unspecified atom stereocenters. The van der Waals surface area contributed by atoms with Gasteiger partial charge >= 0.3 is 5.97 Å². The molecule has 1 saturated heterocycles. The number of ether oxygens (including phenoxy) is 2. The summed E-state index contributed by atoms with van der Waals surface area (Å²) in [6.07, 6.45) is 2.70. The van der Waals surface area contributed by atoms with Gasteiger partial charge in [0.2, 0.25) is 0 Å². The standard InChI is InChI=1S/C12H16N2O4/c1-8-9(10(15)16)7-13-11(14-8)12(17-2)3-5-18-6-4-12/h7H,3-6H2,1-2H3,(H,15,16). The largest absolute Gasteiger partial charge is 0.478 e. The molecule has 1 aliphatic heterocycles. The number of aromatic carboxylic acids is 1. The number of carboxylic acids is 1. The van der Waals surface area contributed by atoms with Crippen LogP contribution < -0.4 is 0 Å². The quantitative estimate of drug-likeness (QED) is 0.868. The summed E-state index contributed by atoms with van der Waals surface area (Å²) >= 11 is 0. The molecular formula is C12H16N2O4. The number of hydrogen-bond donors (Lipinski definition) is 1. The van der Waals surface area contributed by atoms with E-state index in [1.807, 2.05) is 0 Å². The van der Waals surface area contributed by atoms with Crippen molar-refractivity contribution < 1.29 is 19.4 Å². The van der Waals surface area contributed by atoms with E-state index in [1.54, 1.807) is 14.0 Å². The van der Waals surface area contributed by atoms with Crippen LogP contribution in [0.25, 0.3) is 0 Å². The molecule has 1 aliphatic rings. The predicted molar refractivity (Wildman–Crippen MR) is 62.5 cm³/mol. The molecule has 0 saturated carbocycles. The van der Waals surface area contributed by atoms with Crippen molar-refractivity contribution in [1.82, 2.24) is 9.97 Å². The van der Waals surface area contributed by atoms with Gasteiger partial charge in [0.25, 0.3) is 0 Å². The van der Waals surface area contributed by atoms with Gasteiger partial charge in [0.1, 0.15) is 5.60 Å². The van der Waals surface area contributed by atoms with Crippen molar-refractivity contribution in [2.75, 3.05) is 20.3 Å². The molecule has 2 rings (SSSR count). The molecule has 2 heterocycles. The molecule has 0 amide bonds. The summed E-state index contributed by atoms with van der Waals surface area (Å²) in [5.74, 6) is -0.478. The van der Waals surface area contributed by atoms with E-state index >= 15 is 0 Å². The Hall–Kier alpha value is -1.53. The molecule has 0 atom stereocenters. The van der Waals surface area contributed by atoms with E-state index < -0.39 is 11.6 Å². The van der Waals surface area contributed by atoms with Gasteiger partial charge in [-0.1, -0.05) is 0 Å². The average Bonchev–Trinajstić information content (AvgIpc) is 2.39. The van der Waals surface area contributed by atoms with Gasteiger partial charge in [0.05, 0.1) is 11.3 Å². The summed E-state index contributed by atoms with van der Waals surface area (Å²) < 4.78 is 10.9. The molecule has 0 aliphatic carbocycles. The van der Waals surface area contributed by atoms with E-state index in [0.29, 0.717) is 37.6 Å². The number of methoxy groups -OCH3 is 1. The van der Waals surface area contributed by atoms with Gasteiger partial charge in [-0.2, -0.15) is 0 Å². The molecule has 1 fully saturated rings. The maximum absolute atomic E-state index is 10.9. The summed E-state index contributed by atoms with van der Waals surface area (Å²) in [7, 11) is 1.62. The smallest absolute Gasteiger partial charge is 0.339 e. The van der Waals surface area contributed by atoms with Crippen molar-refractivity contribution in [3.05, 3.63) is 23.3 Å². The number of rotatable bonds is 3. The fraction of sp³-hybridized carbons (Fsp3) is 0.583. The summed E-state index contributed by atoms with van der Waals surface area (Å²) in [4.78, 5) is 19.4. The number of carboxylic acid groups (broad SMARTS) is 1. The van der Waals surface area contributed by atoms with Gasteiger partial charge < -0.3 is 14.6 Å². The second kappa shape index (κ2) is 4.99. The van der Waals surface area contributed by atoms with E-state index in [1.165, 1.54) is 6.20 Å². The molecule has 98 valence electrons. The second-order valence-corrected chi connectivity index (χ2v) is 4.31. The van der Waals surface area contributed by atoms with Crippen LogP contribution in [0.3, 0.4) is 0 Å². The van der Waals surface area contributed by atoms with E-state index in [-0.39, 0.29) is 5.56 Å². The summed E-state index contributed by atoms with van der Waals surface area (Å²) in [6, 6.07) is 0. The highest BCUT2D eigenvalue weighted by Gasteiger charge is 2.37. The van der Waals surface area contributed by atoms with Gasteiger partial charge in [-0.15, -0.1) is 0 Å². The van der Waals surface area contributed by atoms with Crippen LogP contribution in [-0.4, -0.2) is 41.4 Å². The van der Waals surface area contributed by atoms with E-state index in [4.69, 9.17) is 14.6 Å². The number of nitrogens with zero attached hydrogens (tertiary/aromatic N) is 2. The third-order valence-corrected chi connectivity index (χ3v) is 3.31. The molecular weight excluding hydrogens is 236 g/mol. The molecule has 1 aromatic heterocycles. The molecule has 0 radical (unpaired) electrons. The normalized spacial score (nSPS) is 18.6. The lowest BCUT2D eigenvalue weighted by Gasteiger charge is -2.34. The number of hydrogen-bond acceptors (Lipinski definition) is 5. The van der Waals surface area contributed by atoms with Crippen LogP contribution in [0, 0.1) is 6.92 Å². The monoisotopic (exact) mass is 252 g/mol. The molecule has 6 heteroatoms. The topological polar surface area (TPSA) is 81.5 Å². The minimum Gasteiger partial charge on any atom is -0.478 e. The molecule has 1 N–H and O–H groups in total. The van der Waals surface area contributed by atoms with Crippen LogP contribution in [0.15, 0.2) is 6.20 Å². The first-order chi connectivity index (χ1) is 8.59. The second-order valence-electron chi connectivity index (χ2n) is 4.31. The van der Waals surface area contributed by atoms with Gasteiger partial charge in [0, 0.05) is 39.4 Å². The van der Waals surface area contributed by atoms with Crippen LogP contribution in [0.1, 0.15) is 34.7 Å². The Balaban J connectivity index is 2.37. The molecule has 1 aromatic rings. The Labute approximate surface area is 105 Å².